The highest BCUT2D eigenvalue weighted by Crippen LogP contribution is 2.17. The van der Waals surface area contributed by atoms with Crippen LogP contribution < -0.4 is 5.32 Å². The van der Waals surface area contributed by atoms with E-state index < -0.39 is 0 Å². The Morgan fingerprint density at radius 1 is 1.00 bits per heavy atom. The SMILES string of the molecule is CNc1ccc(-c2ccncc2)cn1. The van der Waals surface area contributed by atoms with Crippen molar-refractivity contribution in [1.29, 1.82) is 0 Å². The number of anilines is 1. The molecule has 1 N–H and O–H groups in total. The summed E-state index contributed by atoms with van der Waals surface area (Å²) in [7, 11) is 1.86. The average Bonchev–Trinajstić information content (AvgIpc) is 2.30. The summed E-state index contributed by atoms with van der Waals surface area (Å²) in [6.07, 6.45) is 5.41. The lowest BCUT2D eigenvalue weighted by molar-refractivity contribution is 1.28. The summed E-state index contributed by atoms with van der Waals surface area (Å²) in [5.74, 6) is 0.878. The third-order valence-corrected chi connectivity index (χ3v) is 2.03. The number of nitrogens with zero attached hydrogens (tertiary/aromatic N) is 2. The van der Waals surface area contributed by atoms with Gasteiger partial charge in [-0.15, -0.1) is 0 Å². The van der Waals surface area contributed by atoms with E-state index in [0.717, 1.165) is 16.9 Å². The highest BCUT2D eigenvalue weighted by Gasteiger charge is 1.96. The fourth-order valence-electron chi connectivity index (χ4n) is 1.26. The number of rotatable bonds is 2. The molecule has 0 aliphatic heterocycles. The van der Waals surface area contributed by atoms with E-state index in [0.29, 0.717) is 0 Å². The molecule has 0 unspecified atom stereocenters. The normalized spacial score (nSPS) is 9.79. The van der Waals surface area contributed by atoms with Gasteiger partial charge in [0.1, 0.15) is 5.82 Å². The van der Waals surface area contributed by atoms with Crippen LogP contribution in [0.2, 0.25) is 0 Å². The Hall–Kier alpha value is -1.90. The van der Waals surface area contributed by atoms with Crippen LogP contribution in [0.15, 0.2) is 42.9 Å². The molecule has 0 aliphatic carbocycles. The molecule has 0 fully saturated rings. The van der Waals surface area contributed by atoms with E-state index in [1.54, 1.807) is 12.4 Å². The molecule has 0 radical (unpaired) electrons. The molecule has 70 valence electrons. The molecule has 0 bridgehead atoms. The summed E-state index contributed by atoms with van der Waals surface area (Å²) in [5, 5.41) is 2.98. The summed E-state index contributed by atoms with van der Waals surface area (Å²) in [6.45, 7) is 0. The van der Waals surface area contributed by atoms with Crippen molar-refractivity contribution >= 4 is 5.82 Å². The highest BCUT2D eigenvalue weighted by molar-refractivity contribution is 5.62. The summed E-state index contributed by atoms with van der Waals surface area (Å²) in [4.78, 5) is 8.21. The van der Waals surface area contributed by atoms with Crippen molar-refractivity contribution in [3.05, 3.63) is 42.9 Å². The third kappa shape index (κ3) is 1.71. The fraction of sp³-hybridized carbons (Fsp3) is 0.0909. The summed E-state index contributed by atoms with van der Waals surface area (Å²) in [5.41, 5.74) is 2.24. The van der Waals surface area contributed by atoms with Crippen LogP contribution in [0.5, 0.6) is 0 Å². The quantitative estimate of drug-likeness (QED) is 0.779. The van der Waals surface area contributed by atoms with Gasteiger partial charge in [0.15, 0.2) is 0 Å². The molecule has 2 aromatic heterocycles. The molecule has 2 aromatic rings. The second-order valence-electron chi connectivity index (χ2n) is 2.92. The number of hydrogen-bond donors (Lipinski definition) is 1. The van der Waals surface area contributed by atoms with E-state index >= 15 is 0 Å². The largest absolute Gasteiger partial charge is 0.373 e. The predicted octanol–water partition coefficient (Wildman–Crippen LogP) is 2.19. The minimum atomic E-state index is 0.878. The molecular formula is C11H11N3. The van der Waals surface area contributed by atoms with Gasteiger partial charge in [-0.1, -0.05) is 0 Å². The first kappa shape index (κ1) is 8.69. The van der Waals surface area contributed by atoms with Crippen LogP contribution in [-0.4, -0.2) is 17.0 Å². The van der Waals surface area contributed by atoms with E-state index in [2.05, 4.69) is 15.3 Å². The van der Waals surface area contributed by atoms with Crippen LogP contribution in [0, 0.1) is 0 Å². The van der Waals surface area contributed by atoms with E-state index in [-0.39, 0.29) is 0 Å². The Kier molecular flexibility index (Phi) is 2.40. The van der Waals surface area contributed by atoms with Gasteiger partial charge >= 0.3 is 0 Å². The highest BCUT2D eigenvalue weighted by atomic mass is 14.9. The molecule has 3 heteroatoms. The lowest BCUT2D eigenvalue weighted by Gasteiger charge is -2.02. The Labute approximate surface area is 82.8 Å². The van der Waals surface area contributed by atoms with Crippen LogP contribution in [0.4, 0.5) is 5.82 Å². The fourth-order valence-corrected chi connectivity index (χ4v) is 1.26. The zero-order valence-corrected chi connectivity index (χ0v) is 7.94. The monoisotopic (exact) mass is 185 g/mol. The molecule has 2 rings (SSSR count). The third-order valence-electron chi connectivity index (χ3n) is 2.03. The van der Waals surface area contributed by atoms with Crippen LogP contribution in [-0.2, 0) is 0 Å². The van der Waals surface area contributed by atoms with Gasteiger partial charge in [0.25, 0.3) is 0 Å². The first-order chi connectivity index (χ1) is 6.90. The minimum Gasteiger partial charge on any atom is -0.373 e. The van der Waals surface area contributed by atoms with Crippen molar-refractivity contribution in [3.8, 4) is 11.1 Å². The van der Waals surface area contributed by atoms with Gasteiger partial charge in [-0.3, -0.25) is 4.98 Å². The first-order valence-corrected chi connectivity index (χ1v) is 4.44. The maximum Gasteiger partial charge on any atom is 0.125 e. The van der Waals surface area contributed by atoms with Crippen LogP contribution in [0.25, 0.3) is 11.1 Å². The standard InChI is InChI=1S/C11H11N3/c1-12-11-3-2-10(8-14-11)9-4-6-13-7-5-9/h2-8H,1H3,(H,12,14). The van der Waals surface area contributed by atoms with E-state index in [1.165, 1.54) is 0 Å². The van der Waals surface area contributed by atoms with Gasteiger partial charge in [0.2, 0.25) is 0 Å². The van der Waals surface area contributed by atoms with Crippen molar-refractivity contribution in [3.63, 3.8) is 0 Å². The van der Waals surface area contributed by atoms with Gasteiger partial charge in [0, 0.05) is 31.2 Å². The molecule has 2 heterocycles. The molecule has 3 nitrogen and oxygen atoms in total. The Morgan fingerprint density at radius 2 is 1.79 bits per heavy atom. The topological polar surface area (TPSA) is 37.8 Å². The average molecular weight is 185 g/mol. The van der Waals surface area contributed by atoms with Gasteiger partial charge < -0.3 is 5.32 Å². The molecule has 0 atom stereocenters. The van der Waals surface area contributed by atoms with Gasteiger partial charge in [-0.2, -0.15) is 0 Å². The Bertz CT molecular complexity index is 395. The maximum absolute atomic E-state index is 4.24. The zero-order chi connectivity index (χ0) is 9.80. The van der Waals surface area contributed by atoms with Gasteiger partial charge in [0.05, 0.1) is 0 Å². The van der Waals surface area contributed by atoms with Crippen molar-refractivity contribution in [2.75, 3.05) is 12.4 Å². The van der Waals surface area contributed by atoms with Crippen molar-refractivity contribution in [2.45, 2.75) is 0 Å². The van der Waals surface area contributed by atoms with E-state index in [9.17, 15) is 0 Å². The molecule has 0 spiro atoms. The van der Waals surface area contributed by atoms with Gasteiger partial charge in [-0.05, 0) is 29.8 Å². The van der Waals surface area contributed by atoms with Crippen molar-refractivity contribution < 1.29 is 0 Å². The molecule has 0 saturated carbocycles. The number of nitrogens with one attached hydrogen (secondary N) is 1. The van der Waals surface area contributed by atoms with E-state index in [4.69, 9.17) is 0 Å². The van der Waals surface area contributed by atoms with Gasteiger partial charge in [-0.25, -0.2) is 4.98 Å². The molecule has 0 aromatic carbocycles. The van der Waals surface area contributed by atoms with Crippen LogP contribution in [0.1, 0.15) is 0 Å². The zero-order valence-electron chi connectivity index (χ0n) is 7.94. The first-order valence-electron chi connectivity index (χ1n) is 4.44. The van der Waals surface area contributed by atoms with Crippen molar-refractivity contribution in [1.82, 2.24) is 9.97 Å². The lowest BCUT2D eigenvalue weighted by Crippen LogP contribution is -1.91. The Morgan fingerprint density at radius 3 is 2.36 bits per heavy atom. The molecule has 0 amide bonds. The molecule has 14 heavy (non-hydrogen) atoms. The second-order valence-corrected chi connectivity index (χ2v) is 2.92. The van der Waals surface area contributed by atoms with Crippen LogP contribution in [0.3, 0.4) is 0 Å². The summed E-state index contributed by atoms with van der Waals surface area (Å²) < 4.78 is 0. The smallest absolute Gasteiger partial charge is 0.125 e. The maximum atomic E-state index is 4.24. The van der Waals surface area contributed by atoms with E-state index in [1.807, 2.05) is 37.5 Å². The number of aromatic nitrogens is 2. The van der Waals surface area contributed by atoms with Crippen molar-refractivity contribution in [2.24, 2.45) is 0 Å². The minimum absolute atomic E-state index is 0.878. The number of hydrogen-bond acceptors (Lipinski definition) is 3. The predicted molar refractivity (Wildman–Crippen MR) is 57.0 cm³/mol. The molecule has 0 aliphatic rings. The molecular weight excluding hydrogens is 174 g/mol. The Balaban J connectivity index is 2.34. The molecule has 0 saturated heterocycles. The summed E-state index contributed by atoms with van der Waals surface area (Å²) >= 11 is 0. The summed E-state index contributed by atoms with van der Waals surface area (Å²) in [6, 6.07) is 7.93. The lowest BCUT2D eigenvalue weighted by atomic mass is 10.1. The second kappa shape index (κ2) is 3.87. The van der Waals surface area contributed by atoms with Crippen LogP contribution >= 0.6 is 0 Å². The number of pyridine rings is 2.